The van der Waals surface area contributed by atoms with E-state index in [0.717, 1.165) is 6.92 Å². The molecule has 0 aromatic heterocycles. The molecule has 3 atom stereocenters. The summed E-state index contributed by atoms with van der Waals surface area (Å²) in [5.41, 5.74) is 3.33. The first-order chi connectivity index (χ1) is 14.3. The minimum atomic E-state index is -2.75. The summed E-state index contributed by atoms with van der Waals surface area (Å²) in [4.78, 5) is 38.4. The smallest absolute Gasteiger partial charge is 0.209 e. The summed E-state index contributed by atoms with van der Waals surface area (Å²) >= 11 is 6.36. The van der Waals surface area contributed by atoms with Crippen LogP contribution in [-0.4, -0.2) is 49.4 Å². The minimum Gasteiger partial charge on any atom is -0.510 e. The molecule has 2 aliphatic carbocycles. The molecule has 0 saturated heterocycles. The van der Waals surface area contributed by atoms with Gasteiger partial charge in [0, 0.05) is 16.3 Å². The lowest BCUT2D eigenvalue weighted by Crippen LogP contribution is -2.65. The SMILES string of the molecule is CC(=O)C1=C(O)[C@H](N)C2Cc3c(c(O)c4c(O)c(C)cc(Cl)c4c3C)C(=O)[C@]2(O)C1=O. The number of aromatic hydroxyl groups is 2. The van der Waals surface area contributed by atoms with E-state index in [0.29, 0.717) is 16.5 Å². The van der Waals surface area contributed by atoms with Gasteiger partial charge in [0.1, 0.15) is 22.8 Å². The largest absolute Gasteiger partial charge is 0.510 e. The Kier molecular flexibility index (Phi) is 4.48. The van der Waals surface area contributed by atoms with Crippen LogP contribution in [0.4, 0.5) is 0 Å². The third kappa shape index (κ3) is 2.46. The zero-order chi connectivity index (χ0) is 23.2. The van der Waals surface area contributed by atoms with Crippen molar-refractivity contribution in [3.63, 3.8) is 0 Å². The molecule has 9 heteroatoms. The average Bonchev–Trinajstić information content (AvgIpc) is 2.68. The van der Waals surface area contributed by atoms with Gasteiger partial charge in [0.15, 0.2) is 11.4 Å². The lowest BCUT2D eigenvalue weighted by Gasteiger charge is -2.44. The number of Topliss-reactive ketones (excluding diaryl/α,β-unsaturated/α-hetero) is 3. The van der Waals surface area contributed by atoms with Crippen molar-refractivity contribution in [2.75, 3.05) is 0 Å². The molecule has 8 nitrogen and oxygen atoms in total. The van der Waals surface area contributed by atoms with E-state index in [9.17, 15) is 34.8 Å². The van der Waals surface area contributed by atoms with Crippen LogP contribution in [0, 0.1) is 19.8 Å². The summed E-state index contributed by atoms with van der Waals surface area (Å²) in [7, 11) is 0. The number of hydrogen-bond donors (Lipinski definition) is 5. The van der Waals surface area contributed by atoms with Gasteiger partial charge >= 0.3 is 0 Å². The van der Waals surface area contributed by atoms with Crippen LogP contribution in [0.15, 0.2) is 17.4 Å². The second kappa shape index (κ2) is 6.53. The number of benzene rings is 2. The molecule has 0 amide bonds. The van der Waals surface area contributed by atoms with Crippen molar-refractivity contribution < 1.29 is 34.8 Å². The third-order valence-corrected chi connectivity index (χ3v) is 6.81. The molecule has 0 heterocycles. The summed E-state index contributed by atoms with van der Waals surface area (Å²) in [6.45, 7) is 4.21. The van der Waals surface area contributed by atoms with Crippen molar-refractivity contribution >= 4 is 39.7 Å². The molecule has 2 aromatic carbocycles. The van der Waals surface area contributed by atoms with Crippen LogP contribution in [0.5, 0.6) is 11.5 Å². The Morgan fingerprint density at radius 1 is 1.13 bits per heavy atom. The van der Waals surface area contributed by atoms with Crippen molar-refractivity contribution in [1.82, 2.24) is 0 Å². The maximum atomic E-state index is 13.5. The van der Waals surface area contributed by atoms with Crippen molar-refractivity contribution in [3.05, 3.63) is 44.7 Å². The highest BCUT2D eigenvalue weighted by atomic mass is 35.5. The van der Waals surface area contributed by atoms with Gasteiger partial charge in [0.25, 0.3) is 0 Å². The summed E-state index contributed by atoms with van der Waals surface area (Å²) < 4.78 is 0. The van der Waals surface area contributed by atoms with Crippen molar-refractivity contribution in [2.24, 2.45) is 11.7 Å². The monoisotopic (exact) mass is 445 g/mol. The van der Waals surface area contributed by atoms with E-state index in [2.05, 4.69) is 0 Å². The zero-order valence-corrected chi connectivity index (χ0v) is 17.7. The summed E-state index contributed by atoms with van der Waals surface area (Å²) in [5.74, 6) is -6.12. The second-order valence-corrected chi connectivity index (χ2v) is 8.59. The molecule has 0 spiro atoms. The molecule has 0 radical (unpaired) electrons. The molecule has 2 aromatic rings. The molecule has 0 fully saturated rings. The Labute approximate surface area is 181 Å². The lowest BCUT2D eigenvalue weighted by atomic mass is 9.61. The maximum absolute atomic E-state index is 13.5. The third-order valence-electron chi connectivity index (χ3n) is 6.51. The van der Waals surface area contributed by atoms with Crippen LogP contribution in [0.3, 0.4) is 0 Å². The van der Waals surface area contributed by atoms with Crippen LogP contribution < -0.4 is 5.73 Å². The van der Waals surface area contributed by atoms with E-state index in [1.807, 2.05) is 0 Å². The van der Waals surface area contributed by atoms with Gasteiger partial charge in [-0.05, 0) is 49.9 Å². The van der Waals surface area contributed by atoms with Crippen molar-refractivity contribution in [3.8, 4) is 11.5 Å². The van der Waals surface area contributed by atoms with Crippen LogP contribution in [0.1, 0.15) is 34.0 Å². The standard InChI is InChI=1S/C22H20ClNO7/c1-6-4-11(23)12-7(2)9-5-10-16(24)19(28)13(8(3)25)20(29)22(10,31)21(30)14(9)18(27)15(12)17(6)26/h4,10,16,26-28,31H,5,24H2,1-3H3/t10?,16-,22-/m1/s1. The normalized spacial score (nSPS) is 25.6. The van der Waals surface area contributed by atoms with Gasteiger partial charge in [-0.3, -0.25) is 14.4 Å². The number of carbonyl (C=O) groups is 3. The Morgan fingerprint density at radius 2 is 1.74 bits per heavy atom. The minimum absolute atomic E-state index is 0.0746. The van der Waals surface area contributed by atoms with Crippen molar-refractivity contribution in [1.29, 1.82) is 0 Å². The number of halogens is 1. The Bertz CT molecular complexity index is 1280. The summed E-state index contributed by atoms with van der Waals surface area (Å²) in [5, 5.41) is 43.6. The number of phenolic OH excluding ortho intramolecular Hbond substituents is 2. The Balaban J connectivity index is 2.10. The van der Waals surface area contributed by atoms with Gasteiger partial charge in [0.05, 0.1) is 17.0 Å². The summed E-state index contributed by atoms with van der Waals surface area (Å²) in [6, 6.07) is 0.153. The number of hydrogen-bond acceptors (Lipinski definition) is 8. The number of aliphatic hydroxyl groups excluding tert-OH is 1. The van der Waals surface area contributed by atoms with Gasteiger partial charge in [-0.25, -0.2) is 0 Å². The molecule has 0 aliphatic heterocycles. The van der Waals surface area contributed by atoms with Crippen LogP contribution in [0.25, 0.3) is 10.8 Å². The highest BCUT2D eigenvalue weighted by molar-refractivity contribution is 6.37. The number of phenols is 2. The molecule has 0 bridgehead atoms. The average molecular weight is 446 g/mol. The quantitative estimate of drug-likeness (QED) is 0.329. The number of rotatable bonds is 1. The van der Waals surface area contributed by atoms with Crippen LogP contribution in [-0.2, 0) is 16.0 Å². The first-order valence-electron chi connectivity index (χ1n) is 9.53. The molecule has 2 aliphatic rings. The van der Waals surface area contributed by atoms with E-state index < -0.39 is 52.0 Å². The molecular weight excluding hydrogens is 426 g/mol. The molecule has 0 saturated carbocycles. The summed E-state index contributed by atoms with van der Waals surface area (Å²) in [6.07, 6.45) is -0.153. The number of aliphatic hydroxyl groups is 2. The fourth-order valence-corrected chi connectivity index (χ4v) is 5.26. The van der Waals surface area contributed by atoms with E-state index >= 15 is 0 Å². The van der Waals surface area contributed by atoms with E-state index in [-0.39, 0.29) is 33.7 Å². The van der Waals surface area contributed by atoms with E-state index in [1.54, 1.807) is 13.8 Å². The predicted molar refractivity (Wildman–Crippen MR) is 112 cm³/mol. The molecule has 6 N–H and O–H groups in total. The molecular formula is C22H20ClNO7. The van der Waals surface area contributed by atoms with Gasteiger partial charge in [-0.15, -0.1) is 0 Å². The fraction of sp³-hybridized carbons (Fsp3) is 0.318. The van der Waals surface area contributed by atoms with Crippen molar-refractivity contribution in [2.45, 2.75) is 38.8 Å². The first kappa shape index (κ1) is 21.3. The van der Waals surface area contributed by atoms with Gasteiger partial charge in [0.2, 0.25) is 11.6 Å². The van der Waals surface area contributed by atoms with E-state index in [4.69, 9.17) is 17.3 Å². The second-order valence-electron chi connectivity index (χ2n) is 8.18. The lowest BCUT2D eigenvalue weighted by molar-refractivity contribution is -0.138. The molecule has 1 unspecified atom stereocenters. The number of fused-ring (bicyclic) bond motifs is 3. The highest BCUT2D eigenvalue weighted by Crippen LogP contribution is 2.51. The predicted octanol–water partition coefficient (Wildman–Crippen LogP) is 1.92. The number of carbonyl (C=O) groups excluding carboxylic acids is 3. The van der Waals surface area contributed by atoms with Gasteiger partial charge in [-0.1, -0.05) is 11.6 Å². The number of nitrogens with two attached hydrogens (primary N) is 1. The fourth-order valence-electron chi connectivity index (χ4n) is 4.86. The van der Waals surface area contributed by atoms with E-state index in [1.165, 1.54) is 6.07 Å². The maximum Gasteiger partial charge on any atom is 0.209 e. The van der Waals surface area contributed by atoms with Crippen LogP contribution in [0.2, 0.25) is 5.02 Å². The van der Waals surface area contributed by atoms with Gasteiger partial charge in [-0.2, -0.15) is 0 Å². The molecule has 31 heavy (non-hydrogen) atoms. The highest BCUT2D eigenvalue weighted by Gasteiger charge is 2.62. The Morgan fingerprint density at radius 3 is 2.32 bits per heavy atom. The zero-order valence-electron chi connectivity index (χ0n) is 16.9. The Hall–Kier alpha value is -2.94. The first-order valence-corrected chi connectivity index (χ1v) is 9.91. The number of aryl methyl sites for hydroxylation is 2. The topological polar surface area (TPSA) is 158 Å². The van der Waals surface area contributed by atoms with Gasteiger partial charge < -0.3 is 26.2 Å². The van der Waals surface area contributed by atoms with Crippen LogP contribution >= 0.6 is 11.6 Å². The number of ketones is 3. The molecule has 4 rings (SSSR count). The molecule has 162 valence electrons.